The summed E-state index contributed by atoms with van der Waals surface area (Å²) in [4.78, 5) is 0. The molecule has 1 heterocycles. The highest BCUT2D eigenvalue weighted by Gasteiger charge is 2.04. The first-order valence-electron chi connectivity index (χ1n) is 7.02. The normalized spacial score (nSPS) is 11.2. The minimum absolute atomic E-state index is 0.685. The molecule has 0 atom stereocenters. The van der Waals surface area contributed by atoms with Crippen LogP contribution in [-0.4, -0.2) is 11.1 Å². The topological polar surface area (TPSA) is 17.0 Å². The molecule has 1 aromatic carbocycles. The summed E-state index contributed by atoms with van der Waals surface area (Å²) in [5.74, 6) is 0.685. The summed E-state index contributed by atoms with van der Waals surface area (Å²) in [5, 5.41) is 3.50. The van der Waals surface area contributed by atoms with Crippen LogP contribution in [0, 0.1) is 19.8 Å². The van der Waals surface area contributed by atoms with Crippen molar-refractivity contribution in [1.29, 1.82) is 0 Å². The fourth-order valence-corrected chi connectivity index (χ4v) is 2.18. The van der Waals surface area contributed by atoms with E-state index < -0.39 is 0 Å². The maximum absolute atomic E-state index is 3.50. The van der Waals surface area contributed by atoms with Crippen molar-refractivity contribution >= 4 is 0 Å². The molecule has 1 aromatic heterocycles. The quantitative estimate of drug-likeness (QED) is 0.860. The van der Waals surface area contributed by atoms with Gasteiger partial charge in [0.2, 0.25) is 0 Å². The Labute approximate surface area is 116 Å². The van der Waals surface area contributed by atoms with Gasteiger partial charge in [-0.15, -0.1) is 0 Å². The van der Waals surface area contributed by atoms with Crippen molar-refractivity contribution in [2.24, 2.45) is 5.92 Å². The van der Waals surface area contributed by atoms with Gasteiger partial charge in [-0.1, -0.05) is 19.9 Å². The lowest BCUT2D eigenvalue weighted by Crippen LogP contribution is -2.20. The summed E-state index contributed by atoms with van der Waals surface area (Å²) in [6, 6.07) is 10.9. The first-order chi connectivity index (χ1) is 9.08. The van der Waals surface area contributed by atoms with Gasteiger partial charge in [-0.3, -0.25) is 0 Å². The van der Waals surface area contributed by atoms with E-state index in [-0.39, 0.29) is 0 Å². The summed E-state index contributed by atoms with van der Waals surface area (Å²) in [6.45, 7) is 10.7. The second-order valence-electron chi connectivity index (χ2n) is 5.66. The Morgan fingerprint density at radius 2 is 1.89 bits per heavy atom. The molecule has 0 unspecified atom stereocenters. The Bertz CT molecular complexity index is 538. The van der Waals surface area contributed by atoms with Crippen LogP contribution in [0.1, 0.15) is 30.7 Å². The maximum Gasteiger partial charge on any atom is 0.0455 e. The van der Waals surface area contributed by atoms with Gasteiger partial charge >= 0.3 is 0 Å². The van der Waals surface area contributed by atoms with Gasteiger partial charge in [0.1, 0.15) is 0 Å². The Morgan fingerprint density at radius 3 is 2.58 bits per heavy atom. The van der Waals surface area contributed by atoms with E-state index >= 15 is 0 Å². The van der Waals surface area contributed by atoms with Gasteiger partial charge in [0.25, 0.3) is 0 Å². The lowest BCUT2D eigenvalue weighted by Gasteiger charge is -2.13. The number of hydrogen-bond donors (Lipinski definition) is 1. The van der Waals surface area contributed by atoms with Crippen LogP contribution in [0.3, 0.4) is 0 Å². The van der Waals surface area contributed by atoms with E-state index in [4.69, 9.17) is 0 Å². The van der Waals surface area contributed by atoms with Gasteiger partial charge < -0.3 is 9.88 Å². The van der Waals surface area contributed by atoms with Gasteiger partial charge in [-0.05, 0) is 61.7 Å². The summed E-state index contributed by atoms with van der Waals surface area (Å²) in [6.07, 6.45) is 2.14. The molecule has 0 amide bonds. The zero-order valence-electron chi connectivity index (χ0n) is 12.4. The molecule has 1 N–H and O–H groups in total. The van der Waals surface area contributed by atoms with Crippen molar-refractivity contribution in [2.75, 3.05) is 6.54 Å². The highest BCUT2D eigenvalue weighted by Crippen LogP contribution is 2.16. The van der Waals surface area contributed by atoms with Crippen molar-refractivity contribution in [2.45, 2.75) is 34.2 Å². The van der Waals surface area contributed by atoms with Crippen molar-refractivity contribution in [3.63, 3.8) is 0 Å². The molecule has 0 saturated carbocycles. The molecular formula is C17H24N2. The minimum Gasteiger partial charge on any atom is -0.320 e. The average Bonchev–Trinajstić information content (AvgIpc) is 2.80. The molecule has 2 aromatic rings. The van der Waals surface area contributed by atoms with Gasteiger partial charge in [0.15, 0.2) is 0 Å². The molecule has 0 fully saturated rings. The number of aromatic nitrogens is 1. The third kappa shape index (κ3) is 3.48. The molecule has 0 radical (unpaired) electrons. The van der Waals surface area contributed by atoms with Crippen LogP contribution in [0.25, 0.3) is 5.69 Å². The summed E-state index contributed by atoms with van der Waals surface area (Å²) in [5.41, 5.74) is 5.24. The third-order valence-electron chi connectivity index (χ3n) is 3.46. The van der Waals surface area contributed by atoms with E-state index in [0.29, 0.717) is 5.92 Å². The molecule has 0 bridgehead atoms. The van der Waals surface area contributed by atoms with Crippen LogP contribution in [-0.2, 0) is 6.54 Å². The highest BCUT2D eigenvalue weighted by atomic mass is 15.0. The summed E-state index contributed by atoms with van der Waals surface area (Å²) in [7, 11) is 0. The van der Waals surface area contributed by atoms with Crippen molar-refractivity contribution in [3.8, 4) is 5.69 Å². The van der Waals surface area contributed by atoms with Crippen LogP contribution in [0.4, 0.5) is 0 Å². The molecule has 0 spiro atoms. The summed E-state index contributed by atoms with van der Waals surface area (Å²) < 4.78 is 2.26. The average molecular weight is 256 g/mol. The van der Waals surface area contributed by atoms with E-state index in [1.54, 1.807) is 0 Å². The van der Waals surface area contributed by atoms with Crippen molar-refractivity contribution in [3.05, 3.63) is 53.3 Å². The summed E-state index contributed by atoms with van der Waals surface area (Å²) >= 11 is 0. The second-order valence-corrected chi connectivity index (χ2v) is 5.66. The van der Waals surface area contributed by atoms with E-state index in [2.05, 4.69) is 74.1 Å². The fourth-order valence-electron chi connectivity index (χ4n) is 2.18. The SMILES string of the molecule is Cc1ccc(-n2cccc2CNCC(C)C)cc1C. The third-order valence-corrected chi connectivity index (χ3v) is 3.46. The Morgan fingerprint density at radius 1 is 1.11 bits per heavy atom. The number of benzene rings is 1. The highest BCUT2D eigenvalue weighted by molar-refractivity contribution is 5.41. The smallest absolute Gasteiger partial charge is 0.0455 e. The number of nitrogens with one attached hydrogen (secondary N) is 1. The van der Waals surface area contributed by atoms with E-state index in [9.17, 15) is 0 Å². The largest absolute Gasteiger partial charge is 0.320 e. The molecule has 0 saturated heterocycles. The Kier molecular flexibility index (Phi) is 4.43. The monoisotopic (exact) mass is 256 g/mol. The van der Waals surface area contributed by atoms with Crippen LogP contribution in [0.2, 0.25) is 0 Å². The van der Waals surface area contributed by atoms with Crippen LogP contribution < -0.4 is 5.32 Å². The Hall–Kier alpha value is -1.54. The fraction of sp³-hybridized carbons (Fsp3) is 0.412. The number of nitrogens with zero attached hydrogens (tertiary/aromatic N) is 1. The lowest BCUT2D eigenvalue weighted by atomic mass is 10.1. The number of rotatable bonds is 5. The van der Waals surface area contributed by atoms with Crippen molar-refractivity contribution in [1.82, 2.24) is 9.88 Å². The second kappa shape index (κ2) is 6.07. The molecular weight excluding hydrogens is 232 g/mol. The standard InChI is InChI=1S/C17H24N2/c1-13(2)11-18-12-17-6-5-9-19(17)16-8-7-14(3)15(4)10-16/h5-10,13,18H,11-12H2,1-4H3. The van der Waals surface area contributed by atoms with E-state index in [0.717, 1.165) is 13.1 Å². The van der Waals surface area contributed by atoms with E-state index in [1.807, 2.05) is 0 Å². The predicted octanol–water partition coefficient (Wildman–Crippen LogP) is 3.84. The molecule has 0 aliphatic carbocycles. The predicted molar refractivity (Wildman–Crippen MR) is 81.8 cm³/mol. The van der Waals surface area contributed by atoms with Gasteiger partial charge in [0.05, 0.1) is 0 Å². The molecule has 0 aliphatic rings. The van der Waals surface area contributed by atoms with Crippen LogP contribution in [0.15, 0.2) is 36.5 Å². The van der Waals surface area contributed by atoms with Crippen molar-refractivity contribution < 1.29 is 0 Å². The molecule has 2 nitrogen and oxygen atoms in total. The first-order valence-corrected chi connectivity index (χ1v) is 7.02. The Balaban J connectivity index is 2.16. The van der Waals surface area contributed by atoms with Gasteiger partial charge in [-0.25, -0.2) is 0 Å². The molecule has 102 valence electrons. The van der Waals surface area contributed by atoms with Crippen LogP contribution >= 0.6 is 0 Å². The van der Waals surface area contributed by atoms with Gasteiger partial charge in [0, 0.05) is 24.1 Å². The van der Waals surface area contributed by atoms with Crippen LogP contribution in [0.5, 0.6) is 0 Å². The first kappa shape index (κ1) is 13.9. The molecule has 2 heteroatoms. The lowest BCUT2D eigenvalue weighted by molar-refractivity contribution is 0.545. The molecule has 0 aliphatic heterocycles. The molecule has 19 heavy (non-hydrogen) atoms. The number of aryl methyl sites for hydroxylation is 2. The number of hydrogen-bond acceptors (Lipinski definition) is 1. The minimum atomic E-state index is 0.685. The van der Waals surface area contributed by atoms with E-state index in [1.165, 1.54) is 22.5 Å². The zero-order valence-corrected chi connectivity index (χ0v) is 12.4. The molecule has 2 rings (SSSR count). The van der Waals surface area contributed by atoms with Gasteiger partial charge in [-0.2, -0.15) is 0 Å². The zero-order chi connectivity index (χ0) is 13.8. The maximum atomic E-state index is 3.50.